The zero-order valence-electron chi connectivity index (χ0n) is 11.3. The Labute approximate surface area is 139 Å². The van der Waals surface area contributed by atoms with Crippen molar-refractivity contribution in [1.82, 2.24) is 0 Å². The van der Waals surface area contributed by atoms with Gasteiger partial charge in [0.2, 0.25) is 0 Å². The molecule has 0 saturated heterocycles. The number of hydrogen-bond donors (Lipinski definition) is 0. The molecule has 0 spiro atoms. The number of hydrogen-bond acceptors (Lipinski definition) is 4. The van der Waals surface area contributed by atoms with Gasteiger partial charge in [0.1, 0.15) is 11.2 Å². The lowest BCUT2D eigenvalue weighted by molar-refractivity contribution is -0.108. The van der Waals surface area contributed by atoms with E-state index < -0.39 is 16.2 Å². The van der Waals surface area contributed by atoms with Crippen LogP contribution in [0.1, 0.15) is 32.6 Å². The van der Waals surface area contributed by atoms with Gasteiger partial charge in [0.15, 0.2) is 0 Å². The van der Waals surface area contributed by atoms with E-state index >= 15 is 0 Å². The summed E-state index contributed by atoms with van der Waals surface area (Å²) in [6, 6.07) is 2.43. The Kier molecular flexibility index (Phi) is 7.44. The number of benzene rings is 1. The average molecular weight is 374 g/mol. The SMILES string of the molecule is CCC(CCCC=O)OS(=O)(=O)c1cc(Cl)c(Cl)cc1Cl. The van der Waals surface area contributed by atoms with E-state index in [0.29, 0.717) is 25.7 Å². The van der Waals surface area contributed by atoms with Gasteiger partial charge in [0, 0.05) is 6.42 Å². The Morgan fingerprint density at radius 2 is 1.81 bits per heavy atom. The fourth-order valence-corrected chi connectivity index (χ4v) is 3.83. The summed E-state index contributed by atoms with van der Waals surface area (Å²) >= 11 is 17.5. The maximum atomic E-state index is 12.2. The van der Waals surface area contributed by atoms with Crippen LogP contribution in [0.4, 0.5) is 0 Å². The predicted octanol–water partition coefficient (Wildman–Crippen LogP) is 4.50. The summed E-state index contributed by atoms with van der Waals surface area (Å²) in [4.78, 5) is 10.1. The van der Waals surface area contributed by atoms with E-state index in [4.69, 9.17) is 39.0 Å². The lowest BCUT2D eigenvalue weighted by Gasteiger charge is -2.16. The highest BCUT2D eigenvalue weighted by Crippen LogP contribution is 2.33. The largest absolute Gasteiger partial charge is 0.303 e. The molecule has 0 aliphatic heterocycles. The van der Waals surface area contributed by atoms with Gasteiger partial charge in [-0.25, -0.2) is 0 Å². The summed E-state index contributed by atoms with van der Waals surface area (Å²) in [7, 11) is -4.04. The van der Waals surface area contributed by atoms with Crippen LogP contribution in [-0.4, -0.2) is 20.8 Å². The fourth-order valence-electron chi connectivity index (χ4n) is 1.68. The first-order chi connectivity index (χ1) is 9.81. The molecular formula is C13H15Cl3O4S. The smallest absolute Gasteiger partial charge is 0.298 e. The minimum Gasteiger partial charge on any atom is -0.303 e. The molecule has 0 saturated carbocycles. The van der Waals surface area contributed by atoms with Crippen molar-refractivity contribution in [2.45, 2.75) is 43.6 Å². The normalized spacial score (nSPS) is 13.1. The number of aldehydes is 1. The third-order valence-corrected chi connectivity index (χ3v) is 5.36. The minimum atomic E-state index is -4.04. The van der Waals surface area contributed by atoms with Crippen LogP contribution in [0.5, 0.6) is 0 Å². The molecule has 0 aliphatic carbocycles. The standard InChI is InChI=1S/C13H15Cl3O4S/c1-2-9(5-3-4-6-17)20-21(18,19)13-8-11(15)10(14)7-12(13)16/h6-9H,2-5H2,1H3. The molecule has 0 aromatic heterocycles. The monoisotopic (exact) mass is 372 g/mol. The first-order valence-corrected chi connectivity index (χ1v) is 8.87. The zero-order chi connectivity index (χ0) is 16.0. The lowest BCUT2D eigenvalue weighted by Crippen LogP contribution is -2.18. The van der Waals surface area contributed by atoms with Gasteiger partial charge in [0.25, 0.3) is 10.1 Å². The van der Waals surface area contributed by atoms with E-state index in [2.05, 4.69) is 0 Å². The third kappa shape index (κ3) is 5.42. The predicted molar refractivity (Wildman–Crippen MR) is 83.7 cm³/mol. The molecule has 0 N–H and O–H groups in total. The number of carbonyl (C=O) groups is 1. The molecule has 1 atom stereocenters. The highest BCUT2D eigenvalue weighted by molar-refractivity contribution is 7.87. The van der Waals surface area contributed by atoms with Crippen molar-refractivity contribution in [3.63, 3.8) is 0 Å². The Hall–Kier alpha value is -0.330. The second-order valence-electron chi connectivity index (χ2n) is 4.37. The van der Waals surface area contributed by atoms with Gasteiger partial charge in [0.05, 0.1) is 21.2 Å². The van der Waals surface area contributed by atoms with Crippen molar-refractivity contribution in [2.75, 3.05) is 0 Å². The van der Waals surface area contributed by atoms with Crippen LogP contribution in [-0.2, 0) is 19.1 Å². The van der Waals surface area contributed by atoms with Crippen molar-refractivity contribution < 1.29 is 17.4 Å². The molecule has 118 valence electrons. The van der Waals surface area contributed by atoms with Gasteiger partial charge in [-0.05, 0) is 31.4 Å². The van der Waals surface area contributed by atoms with Crippen LogP contribution in [0.3, 0.4) is 0 Å². The zero-order valence-corrected chi connectivity index (χ0v) is 14.4. The highest BCUT2D eigenvalue weighted by atomic mass is 35.5. The van der Waals surface area contributed by atoms with Crippen LogP contribution in [0.15, 0.2) is 17.0 Å². The molecule has 21 heavy (non-hydrogen) atoms. The molecular weight excluding hydrogens is 359 g/mol. The van der Waals surface area contributed by atoms with Crippen molar-refractivity contribution in [1.29, 1.82) is 0 Å². The van der Waals surface area contributed by atoms with Gasteiger partial charge in [-0.3, -0.25) is 4.18 Å². The Bertz CT molecular complexity index is 602. The molecule has 0 heterocycles. The maximum Gasteiger partial charge on any atom is 0.298 e. The van der Waals surface area contributed by atoms with Crippen LogP contribution in [0, 0.1) is 0 Å². The van der Waals surface area contributed by atoms with Crippen molar-refractivity contribution in [3.8, 4) is 0 Å². The van der Waals surface area contributed by atoms with Crippen LogP contribution in [0.2, 0.25) is 15.1 Å². The van der Waals surface area contributed by atoms with E-state index in [0.717, 1.165) is 6.29 Å². The molecule has 0 radical (unpaired) electrons. The van der Waals surface area contributed by atoms with Gasteiger partial charge in [-0.1, -0.05) is 41.7 Å². The Morgan fingerprint density at radius 1 is 1.19 bits per heavy atom. The quantitative estimate of drug-likeness (QED) is 0.291. The lowest BCUT2D eigenvalue weighted by atomic mass is 10.1. The summed E-state index contributed by atoms with van der Waals surface area (Å²) in [6.45, 7) is 1.80. The third-order valence-electron chi connectivity index (χ3n) is 2.81. The highest BCUT2D eigenvalue weighted by Gasteiger charge is 2.24. The summed E-state index contributed by atoms with van der Waals surface area (Å²) in [5.74, 6) is 0. The molecule has 0 aliphatic rings. The molecule has 1 aromatic carbocycles. The van der Waals surface area contributed by atoms with Gasteiger partial charge >= 0.3 is 0 Å². The molecule has 1 unspecified atom stereocenters. The number of carbonyl (C=O) groups excluding carboxylic acids is 1. The minimum absolute atomic E-state index is 0.0489. The summed E-state index contributed by atoms with van der Waals surface area (Å²) < 4.78 is 29.6. The molecule has 0 amide bonds. The fraction of sp³-hybridized carbons (Fsp3) is 0.462. The van der Waals surface area contributed by atoms with Gasteiger partial charge in [-0.15, -0.1) is 0 Å². The van der Waals surface area contributed by atoms with E-state index in [-0.39, 0.29) is 20.0 Å². The molecule has 1 rings (SSSR count). The van der Waals surface area contributed by atoms with Crippen LogP contribution < -0.4 is 0 Å². The van der Waals surface area contributed by atoms with E-state index in [1.807, 2.05) is 0 Å². The second-order valence-corrected chi connectivity index (χ2v) is 7.14. The van der Waals surface area contributed by atoms with Crippen molar-refractivity contribution in [3.05, 3.63) is 27.2 Å². The van der Waals surface area contributed by atoms with Gasteiger partial charge in [-0.2, -0.15) is 8.42 Å². The molecule has 0 bridgehead atoms. The first kappa shape index (κ1) is 18.7. The first-order valence-electron chi connectivity index (χ1n) is 6.33. The van der Waals surface area contributed by atoms with E-state index in [1.54, 1.807) is 6.92 Å². The molecule has 8 heteroatoms. The molecule has 1 aromatic rings. The molecule has 0 fully saturated rings. The van der Waals surface area contributed by atoms with E-state index in [1.165, 1.54) is 12.1 Å². The number of halogens is 3. The molecule has 4 nitrogen and oxygen atoms in total. The second kappa shape index (κ2) is 8.34. The van der Waals surface area contributed by atoms with Crippen molar-refractivity contribution in [2.24, 2.45) is 0 Å². The van der Waals surface area contributed by atoms with Gasteiger partial charge < -0.3 is 4.79 Å². The maximum absolute atomic E-state index is 12.2. The summed E-state index contributed by atoms with van der Waals surface area (Å²) in [6.07, 6.45) is 2.17. The van der Waals surface area contributed by atoms with E-state index in [9.17, 15) is 13.2 Å². The Morgan fingerprint density at radius 3 is 2.38 bits per heavy atom. The van der Waals surface area contributed by atoms with Crippen LogP contribution >= 0.6 is 34.8 Å². The Balaban J connectivity index is 2.94. The summed E-state index contributed by atoms with van der Waals surface area (Å²) in [5, 5.41) is 0.197. The number of rotatable bonds is 8. The topological polar surface area (TPSA) is 60.4 Å². The van der Waals surface area contributed by atoms with Crippen LogP contribution in [0.25, 0.3) is 0 Å². The number of unbranched alkanes of at least 4 members (excludes halogenated alkanes) is 1. The average Bonchev–Trinajstić information content (AvgIpc) is 2.41. The van der Waals surface area contributed by atoms with Crippen molar-refractivity contribution >= 4 is 51.2 Å². The summed E-state index contributed by atoms with van der Waals surface area (Å²) in [5.41, 5.74) is 0.